The van der Waals surface area contributed by atoms with E-state index in [4.69, 9.17) is 24.3 Å². The van der Waals surface area contributed by atoms with Crippen LogP contribution in [0.2, 0.25) is 0 Å². The van der Waals surface area contributed by atoms with Gasteiger partial charge in [-0.15, -0.1) is 0 Å². The van der Waals surface area contributed by atoms with E-state index >= 15 is 0 Å². The molecule has 0 heterocycles. The van der Waals surface area contributed by atoms with E-state index in [1.165, 1.54) is 180 Å². The number of ether oxygens (including phenoxy) is 2. The fourth-order valence-corrected chi connectivity index (χ4v) is 8.61. The molecular formula is C53H102NO8P. The molecule has 0 aromatic heterocycles. The highest BCUT2D eigenvalue weighted by Gasteiger charge is 2.26. The molecule has 372 valence electrons. The molecule has 0 aliphatic carbocycles. The van der Waals surface area contributed by atoms with Gasteiger partial charge < -0.3 is 20.1 Å². The quantitative estimate of drug-likeness (QED) is 0.0265. The zero-order valence-electron chi connectivity index (χ0n) is 41.3. The first-order valence-corrected chi connectivity index (χ1v) is 28.3. The van der Waals surface area contributed by atoms with Crippen LogP contribution in [0.25, 0.3) is 0 Å². The number of allylic oxidation sites excluding steroid dienone is 4. The first-order chi connectivity index (χ1) is 30.8. The minimum Gasteiger partial charge on any atom is -0.462 e. The van der Waals surface area contributed by atoms with Crippen molar-refractivity contribution in [2.75, 3.05) is 26.4 Å². The Kier molecular flexibility index (Phi) is 48.7. The molecule has 10 heteroatoms. The first kappa shape index (κ1) is 61.5. The average molecular weight is 912 g/mol. The summed E-state index contributed by atoms with van der Waals surface area (Å²) in [5, 5.41) is 0. The number of hydrogen-bond acceptors (Lipinski definition) is 8. The molecule has 0 aromatic rings. The maximum Gasteiger partial charge on any atom is 0.472 e. The van der Waals surface area contributed by atoms with Gasteiger partial charge in [-0.05, 0) is 44.9 Å². The third-order valence-corrected chi connectivity index (χ3v) is 12.8. The molecule has 0 rings (SSSR count). The van der Waals surface area contributed by atoms with E-state index in [0.717, 1.165) is 57.8 Å². The van der Waals surface area contributed by atoms with Gasteiger partial charge in [-0.25, -0.2) is 4.57 Å². The summed E-state index contributed by atoms with van der Waals surface area (Å²) in [6.07, 6.45) is 56.6. The number of carbonyl (C=O) groups excluding carboxylic acids is 2. The summed E-state index contributed by atoms with van der Waals surface area (Å²) < 4.78 is 32.9. The van der Waals surface area contributed by atoms with Crippen molar-refractivity contribution in [3.8, 4) is 0 Å². The lowest BCUT2D eigenvalue weighted by Crippen LogP contribution is -2.29. The third-order valence-electron chi connectivity index (χ3n) is 11.8. The summed E-state index contributed by atoms with van der Waals surface area (Å²) in [6.45, 7) is 3.75. The van der Waals surface area contributed by atoms with E-state index in [2.05, 4.69) is 38.2 Å². The molecule has 0 fully saturated rings. The van der Waals surface area contributed by atoms with Crippen molar-refractivity contribution in [3.63, 3.8) is 0 Å². The molecule has 0 aliphatic heterocycles. The Morgan fingerprint density at radius 2 is 0.825 bits per heavy atom. The lowest BCUT2D eigenvalue weighted by atomic mass is 10.0. The Labute approximate surface area is 389 Å². The normalized spacial score (nSPS) is 13.3. The van der Waals surface area contributed by atoms with Gasteiger partial charge in [-0.1, -0.05) is 237 Å². The monoisotopic (exact) mass is 912 g/mol. The fourth-order valence-electron chi connectivity index (χ4n) is 7.84. The van der Waals surface area contributed by atoms with E-state index < -0.39 is 26.5 Å². The Bertz CT molecular complexity index is 1090. The summed E-state index contributed by atoms with van der Waals surface area (Å²) in [4.78, 5) is 35.0. The molecule has 0 saturated heterocycles. The second-order valence-corrected chi connectivity index (χ2v) is 19.6. The van der Waals surface area contributed by atoms with Crippen LogP contribution in [-0.4, -0.2) is 49.3 Å². The van der Waals surface area contributed by atoms with Gasteiger partial charge in [0.2, 0.25) is 0 Å². The van der Waals surface area contributed by atoms with Gasteiger partial charge in [0.25, 0.3) is 0 Å². The third kappa shape index (κ3) is 49.8. The molecule has 0 bridgehead atoms. The number of phosphoric ester groups is 1. The van der Waals surface area contributed by atoms with E-state index in [-0.39, 0.29) is 38.6 Å². The second-order valence-electron chi connectivity index (χ2n) is 18.1. The van der Waals surface area contributed by atoms with Gasteiger partial charge in [0.05, 0.1) is 13.2 Å². The lowest BCUT2D eigenvalue weighted by molar-refractivity contribution is -0.161. The molecule has 0 aliphatic rings. The maximum atomic E-state index is 12.6. The predicted octanol–water partition coefficient (Wildman–Crippen LogP) is 16.3. The number of rotatable bonds is 51. The van der Waals surface area contributed by atoms with Gasteiger partial charge in [0, 0.05) is 19.4 Å². The van der Waals surface area contributed by atoms with E-state index in [0.29, 0.717) is 6.42 Å². The van der Waals surface area contributed by atoms with Crippen LogP contribution in [0.4, 0.5) is 0 Å². The summed E-state index contributed by atoms with van der Waals surface area (Å²) in [7, 11) is -4.38. The molecular weight excluding hydrogens is 810 g/mol. The summed E-state index contributed by atoms with van der Waals surface area (Å²) in [5.74, 6) is -0.830. The van der Waals surface area contributed by atoms with Crippen LogP contribution in [0, 0.1) is 0 Å². The Balaban J connectivity index is 3.94. The molecule has 0 spiro atoms. The largest absolute Gasteiger partial charge is 0.472 e. The van der Waals surface area contributed by atoms with Crippen molar-refractivity contribution in [1.29, 1.82) is 0 Å². The molecule has 2 atom stereocenters. The number of unbranched alkanes of at least 4 members (excludes halogenated alkanes) is 34. The zero-order valence-corrected chi connectivity index (χ0v) is 42.2. The first-order valence-electron chi connectivity index (χ1n) is 26.8. The smallest absolute Gasteiger partial charge is 0.462 e. The minimum atomic E-state index is -4.38. The molecule has 0 amide bonds. The van der Waals surface area contributed by atoms with E-state index in [1.807, 2.05) is 0 Å². The van der Waals surface area contributed by atoms with Gasteiger partial charge in [0.15, 0.2) is 6.10 Å². The van der Waals surface area contributed by atoms with Gasteiger partial charge >= 0.3 is 19.8 Å². The van der Waals surface area contributed by atoms with Crippen LogP contribution >= 0.6 is 7.82 Å². The SMILES string of the molecule is CCCCCC/C=C\C/C=C\CCCCCCCC(=O)OC(COC(=O)CCCCCCCCCCCCCCCCCCCCCCCCCCCC)COP(=O)(O)OCCN. The van der Waals surface area contributed by atoms with Crippen molar-refractivity contribution in [2.45, 2.75) is 277 Å². The second kappa shape index (κ2) is 49.9. The van der Waals surface area contributed by atoms with Crippen LogP contribution < -0.4 is 5.73 Å². The van der Waals surface area contributed by atoms with Crippen molar-refractivity contribution in [1.82, 2.24) is 0 Å². The summed E-state index contributed by atoms with van der Waals surface area (Å²) in [6, 6.07) is 0. The van der Waals surface area contributed by atoms with Crippen LogP contribution in [0.1, 0.15) is 271 Å². The number of hydrogen-bond donors (Lipinski definition) is 2. The standard InChI is InChI=1S/C53H102NO8P/c1-3-5-7-9-11-13-15-17-19-21-22-23-24-25-26-27-28-29-30-32-33-35-37-39-41-43-45-52(55)59-49-51(50-61-63(57,58)60-48-47-54)62-53(56)46-44-42-40-38-36-34-31-20-18-16-14-12-10-8-6-4-2/h14,16,20,31,51H,3-13,15,17-19,21-30,32-50,54H2,1-2H3,(H,57,58)/b16-14-,31-20-. The van der Waals surface area contributed by atoms with Gasteiger partial charge in [0.1, 0.15) is 6.61 Å². The van der Waals surface area contributed by atoms with Crippen molar-refractivity contribution >= 4 is 19.8 Å². The molecule has 0 radical (unpaired) electrons. The maximum absolute atomic E-state index is 12.6. The Morgan fingerprint density at radius 1 is 0.476 bits per heavy atom. The van der Waals surface area contributed by atoms with Crippen LogP contribution in [0.15, 0.2) is 24.3 Å². The minimum absolute atomic E-state index is 0.0528. The number of carbonyl (C=O) groups is 2. The lowest BCUT2D eigenvalue weighted by Gasteiger charge is -2.19. The average Bonchev–Trinajstić information content (AvgIpc) is 3.27. The number of esters is 2. The van der Waals surface area contributed by atoms with E-state index in [9.17, 15) is 19.0 Å². The molecule has 2 unspecified atom stereocenters. The highest BCUT2D eigenvalue weighted by atomic mass is 31.2. The topological polar surface area (TPSA) is 134 Å². The van der Waals surface area contributed by atoms with Crippen LogP contribution in [0.3, 0.4) is 0 Å². The Morgan fingerprint density at radius 3 is 1.22 bits per heavy atom. The molecule has 0 saturated carbocycles. The van der Waals surface area contributed by atoms with Crippen molar-refractivity contribution < 1.29 is 37.6 Å². The molecule has 9 nitrogen and oxygen atoms in total. The number of phosphoric acid groups is 1. The predicted molar refractivity (Wildman–Crippen MR) is 266 cm³/mol. The summed E-state index contributed by atoms with van der Waals surface area (Å²) >= 11 is 0. The number of nitrogens with two attached hydrogens (primary N) is 1. The Hall–Kier alpha value is -1.51. The summed E-state index contributed by atoms with van der Waals surface area (Å²) in [5.41, 5.74) is 5.37. The molecule has 0 aromatic carbocycles. The van der Waals surface area contributed by atoms with Gasteiger partial charge in [-0.2, -0.15) is 0 Å². The highest BCUT2D eigenvalue weighted by Crippen LogP contribution is 2.43. The van der Waals surface area contributed by atoms with Crippen molar-refractivity contribution in [2.24, 2.45) is 5.73 Å². The van der Waals surface area contributed by atoms with Gasteiger partial charge in [-0.3, -0.25) is 18.6 Å². The zero-order chi connectivity index (χ0) is 46.0. The van der Waals surface area contributed by atoms with Crippen LogP contribution in [-0.2, 0) is 32.7 Å². The highest BCUT2D eigenvalue weighted by molar-refractivity contribution is 7.47. The van der Waals surface area contributed by atoms with Crippen LogP contribution in [0.5, 0.6) is 0 Å². The molecule has 3 N–H and O–H groups in total. The fraction of sp³-hybridized carbons (Fsp3) is 0.887. The van der Waals surface area contributed by atoms with Crippen molar-refractivity contribution in [3.05, 3.63) is 24.3 Å². The van der Waals surface area contributed by atoms with E-state index in [1.54, 1.807) is 0 Å². The molecule has 63 heavy (non-hydrogen) atoms.